The molecule has 2 fully saturated rings. The molecule has 2 aromatic heterocycles. The van der Waals surface area contributed by atoms with Gasteiger partial charge in [-0.2, -0.15) is 4.98 Å². The third kappa shape index (κ3) is 5.67. The van der Waals surface area contributed by atoms with Crippen LogP contribution in [0.25, 0.3) is 11.2 Å². The Morgan fingerprint density at radius 3 is 2.30 bits per heavy atom. The Morgan fingerprint density at radius 2 is 1.68 bits per heavy atom. The molecule has 2 saturated carbocycles. The van der Waals surface area contributed by atoms with Crippen molar-refractivity contribution in [3.63, 3.8) is 0 Å². The van der Waals surface area contributed by atoms with E-state index in [1.54, 1.807) is 24.6 Å². The van der Waals surface area contributed by atoms with Crippen LogP contribution in [0, 0.1) is 23.4 Å². The van der Waals surface area contributed by atoms with Gasteiger partial charge in [0.2, 0.25) is 11.9 Å². The van der Waals surface area contributed by atoms with Crippen LogP contribution in [0.15, 0.2) is 18.3 Å². The first kappa shape index (κ1) is 27.1. The van der Waals surface area contributed by atoms with Gasteiger partial charge >= 0.3 is 0 Å². The standard InChI is InChI=1S/C25H31F3N6O2.CH4/c1-25(2,36)13-3-6-16(9-13)34-22-20(12-29-23(33-22)30-15-4-7-17(35)8-5-15)31-24(34)32-21-18(27)10-14(26)11-19(21)28;/h10-13,15-17,35-36H,3-9H2,1-2H3,(H,31,32)(H,29,30,33);1H4/t13-,15?,16?,17?;/m1./s1. The fraction of sp³-hybridized carbons (Fsp3) is 0.577. The lowest BCUT2D eigenvalue weighted by Crippen LogP contribution is -2.29. The molecule has 2 aliphatic rings. The highest BCUT2D eigenvalue weighted by Gasteiger charge is 2.37. The normalized spacial score (nSPS) is 24.2. The van der Waals surface area contributed by atoms with Crippen molar-refractivity contribution in [1.82, 2.24) is 19.5 Å². The van der Waals surface area contributed by atoms with Gasteiger partial charge in [-0.05, 0) is 64.7 Å². The number of fused-ring (bicyclic) bond motifs is 1. The Labute approximate surface area is 214 Å². The molecule has 11 heteroatoms. The lowest BCUT2D eigenvalue weighted by molar-refractivity contribution is 0.0186. The molecule has 3 aromatic rings. The number of hydrogen-bond acceptors (Lipinski definition) is 7. The number of nitrogens with one attached hydrogen (secondary N) is 2. The number of hydrogen-bond donors (Lipinski definition) is 4. The number of aliphatic hydroxyl groups is 2. The third-order valence-electron chi connectivity index (χ3n) is 7.48. The summed E-state index contributed by atoms with van der Waals surface area (Å²) >= 11 is 0. The number of aliphatic hydroxyl groups excluding tert-OH is 1. The number of nitrogens with zero attached hydrogens (tertiary/aromatic N) is 4. The van der Waals surface area contributed by atoms with E-state index in [9.17, 15) is 23.4 Å². The van der Waals surface area contributed by atoms with Crippen LogP contribution in [-0.4, -0.2) is 47.5 Å². The van der Waals surface area contributed by atoms with Crippen molar-refractivity contribution in [2.24, 2.45) is 5.92 Å². The average Bonchev–Trinajstić information content (AvgIpc) is 3.42. The van der Waals surface area contributed by atoms with Crippen molar-refractivity contribution in [3.05, 3.63) is 35.8 Å². The summed E-state index contributed by atoms with van der Waals surface area (Å²) in [5, 5.41) is 26.4. The first-order valence-electron chi connectivity index (χ1n) is 12.4. The zero-order chi connectivity index (χ0) is 25.6. The van der Waals surface area contributed by atoms with Crippen LogP contribution in [-0.2, 0) is 0 Å². The van der Waals surface area contributed by atoms with Crippen molar-refractivity contribution < 1.29 is 23.4 Å². The Kier molecular flexibility index (Phi) is 7.66. The predicted molar refractivity (Wildman–Crippen MR) is 136 cm³/mol. The van der Waals surface area contributed by atoms with Gasteiger partial charge in [-0.3, -0.25) is 4.57 Å². The minimum Gasteiger partial charge on any atom is -0.393 e. The molecule has 202 valence electrons. The smallest absolute Gasteiger partial charge is 0.224 e. The molecular weight excluding hydrogens is 485 g/mol. The Bertz CT molecular complexity index is 1230. The van der Waals surface area contributed by atoms with Crippen LogP contribution in [0.2, 0.25) is 0 Å². The van der Waals surface area contributed by atoms with E-state index in [0.29, 0.717) is 48.5 Å². The van der Waals surface area contributed by atoms with Gasteiger partial charge in [0, 0.05) is 24.2 Å². The van der Waals surface area contributed by atoms with E-state index < -0.39 is 28.7 Å². The maximum Gasteiger partial charge on any atom is 0.224 e. The number of aromatic nitrogens is 4. The highest BCUT2D eigenvalue weighted by molar-refractivity contribution is 5.76. The summed E-state index contributed by atoms with van der Waals surface area (Å²) in [6, 6.07) is 1.23. The maximum atomic E-state index is 14.5. The summed E-state index contributed by atoms with van der Waals surface area (Å²) in [4.78, 5) is 13.6. The molecular formula is C26H35F3N6O2. The van der Waals surface area contributed by atoms with E-state index >= 15 is 0 Å². The molecule has 0 aliphatic heterocycles. The number of imidazole rings is 1. The van der Waals surface area contributed by atoms with Crippen molar-refractivity contribution in [3.8, 4) is 0 Å². The van der Waals surface area contributed by atoms with E-state index in [4.69, 9.17) is 4.98 Å². The van der Waals surface area contributed by atoms with Crippen LogP contribution in [0.3, 0.4) is 0 Å². The second-order valence-corrected chi connectivity index (χ2v) is 10.5. The van der Waals surface area contributed by atoms with Crippen LogP contribution >= 0.6 is 0 Å². The van der Waals surface area contributed by atoms with Gasteiger partial charge in [-0.15, -0.1) is 0 Å². The van der Waals surface area contributed by atoms with Crippen molar-refractivity contribution in [1.29, 1.82) is 0 Å². The summed E-state index contributed by atoms with van der Waals surface area (Å²) in [5.41, 5.74) is -0.440. The minimum atomic E-state index is -1.07. The number of benzene rings is 1. The molecule has 0 saturated heterocycles. The van der Waals surface area contributed by atoms with Crippen LogP contribution in [0.4, 0.5) is 30.8 Å². The summed E-state index contributed by atoms with van der Waals surface area (Å²) in [5.74, 6) is -2.54. The molecule has 2 aliphatic carbocycles. The summed E-state index contributed by atoms with van der Waals surface area (Å²) in [6.45, 7) is 3.56. The van der Waals surface area contributed by atoms with Crippen LogP contribution in [0.1, 0.15) is 72.3 Å². The highest BCUT2D eigenvalue weighted by atomic mass is 19.1. The Morgan fingerprint density at radius 1 is 1.00 bits per heavy atom. The molecule has 4 N–H and O–H groups in total. The summed E-state index contributed by atoms with van der Waals surface area (Å²) in [7, 11) is 0. The van der Waals surface area contributed by atoms with E-state index in [-0.39, 0.29) is 37.5 Å². The maximum absolute atomic E-state index is 14.5. The topological polar surface area (TPSA) is 108 Å². The molecule has 0 amide bonds. The molecule has 5 rings (SSSR count). The molecule has 0 radical (unpaired) electrons. The zero-order valence-electron chi connectivity index (χ0n) is 20.3. The van der Waals surface area contributed by atoms with Crippen molar-refractivity contribution in [2.75, 3.05) is 10.6 Å². The fourth-order valence-corrected chi connectivity index (χ4v) is 5.40. The lowest BCUT2D eigenvalue weighted by Gasteiger charge is -2.26. The SMILES string of the molecule is C.CC(C)(O)[C@@H]1CCC(n2c(Nc3c(F)cc(F)cc3F)nc3cnc(NC4CCC(O)CC4)nc32)C1. The van der Waals surface area contributed by atoms with Crippen molar-refractivity contribution in [2.45, 2.75) is 90.0 Å². The first-order valence-corrected chi connectivity index (χ1v) is 12.4. The van der Waals surface area contributed by atoms with Crippen LogP contribution < -0.4 is 10.6 Å². The van der Waals surface area contributed by atoms with Gasteiger partial charge < -0.3 is 20.8 Å². The van der Waals surface area contributed by atoms with Gasteiger partial charge in [0.15, 0.2) is 17.3 Å². The van der Waals surface area contributed by atoms with E-state index in [0.717, 1.165) is 25.7 Å². The number of halogens is 3. The summed E-state index contributed by atoms with van der Waals surface area (Å²) < 4.78 is 44.2. The van der Waals surface area contributed by atoms with Crippen molar-refractivity contribution >= 4 is 28.7 Å². The first-order chi connectivity index (χ1) is 17.1. The Hall–Kier alpha value is -2.92. The van der Waals surface area contributed by atoms with Gasteiger partial charge in [-0.25, -0.2) is 23.1 Å². The Balaban J connectivity index is 0.00000320. The third-order valence-corrected chi connectivity index (χ3v) is 7.48. The van der Waals surface area contributed by atoms with Crippen LogP contribution in [0.5, 0.6) is 0 Å². The molecule has 2 atom stereocenters. The molecule has 37 heavy (non-hydrogen) atoms. The lowest BCUT2D eigenvalue weighted by atomic mass is 9.89. The second kappa shape index (κ2) is 10.4. The van der Waals surface area contributed by atoms with E-state index in [1.165, 1.54) is 0 Å². The van der Waals surface area contributed by atoms with Gasteiger partial charge in [-0.1, -0.05) is 7.43 Å². The average molecular weight is 521 g/mol. The zero-order valence-corrected chi connectivity index (χ0v) is 20.3. The monoisotopic (exact) mass is 520 g/mol. The van der Waals surface area contributed by atoms with Gasteiger partial charge in [0.25, 0.3) is 0 Å². The number of rotatable bonds is 6. The molecule has 1 unspecified atom stereocenters. The molecule has 1 aromatic carbocycles. The van der Waals surface area contributed by atoms with Gasteiger partial charge in [0.1, 0.15) is 17.0 Å². The molecule has 0 spiro atoms. The second-order valence-electron chi connectivity index (χ2n) is 10.5. The molecule has 2 heterocycles. The van der Waals surface area contributed by atoms with Gasteiger partial charge in [0.05, 0.1) is 17.9 Å². The largest absolute Gasteiger partial charge is 0.393 e. The van der Waals surface area contributed by atoms with E-state index in [2.05, 4.69) is 20.6 Å². The summed E-state index contributed by atoms with van der Waals surface area (Å²) in [6.07, 6.45) is 6.42. The predicted octanol–water partition coefficient (Wildman–Crippen LogP) is 5.45. The minimum absolute atomic E-state index is 0. The quantitative estimate of drug-likeness (QED) is 0.342. The fourth-order valence-electron chi connectivity index (χ4n) is 5.40. The van der Waals surface area contributed by atoms with E-state index in [1.807, 2.05) is 0 Å². The molecule has 8 nitrogen and oxygen atoms in total. The highest BCUT2D eigenvalue weighted by Crippen LogP contribution is 2.43. The number of anilines is 3. The molecule has 0 bridgehead atoms.